The van der Waals surface area contributed by atoms with Gasteiger partial charge in [0.15, 0.2) is 0 Å². The van der Waals surface area contributed by atoms with Gasteiger partial charge in [-0.15, -0.1) is 0 Å². The van der Waals surface area contributed by atoms with Gasteiger partial charge >= 0.3 is 5.97 Å². The molecule has 4 heteroatoms. The van der Waals surface area contributed by atoms with Crippen LogP contribution in [0.2, 0.25) is 5.02 Å². The second-order valence-electron chi connectivity index (χ2n) is 3.26. The van der Waals surface area contributed by atoms with Gasteiger partial charge in [0.2, 0.25) is 0 Å². The summed E-state index contributed by atoms with van der Waals surface area (Å²) in [6.45, 7) is 3.15. The molecule has 0 saturated heterocycles. The van der Waals surface area contributed by atoms with Crippen LogP contribution in [0.5, 0.6) is 0 Å². The molecule has 0 aliphatic carbocycles. The lowest BCUT2D eigenvalue weighted by atomic mass is 9.89. The summed E-state index contributed by atoms with van der Waals surface area (Å²) in [4.78, 5) is 14.8. The number of nitrogens with zero attached hydrogens (tertiary/aromatic N) is 1. The largest absolute Gasteiger partial charge is 0.481 e. The first kappa shape index (κ1) is 9.99. The Morgan fingerprint density at radius 2 is 2.23 bits per heavy atom. The van der Waals surface area contributed by atoms with Crippen LogP contribution in [0.3, 0.4) is 0 Å². The van der Waals surface area contributed by atoms with Gasteiger partial charge < -0.3 is 5.11 Å². The van der Waals surface area contributed by atoms with Gasteiger partial charge in [0.1, 0.15) is 5.41 Å². The number of rotatable bonds is 2. The Hall–Kier alpha value is -1.09. The Labute approximate surface area is 81.4 Å². The van der Waals surface area contributed by atoms with Crippen LogP contribution in [0.4, 0.5) is 0 Å². The monoisotopic (exact) mass is 199 g/mol. The third kappa shape index (κ3) is 1.80. The fourth-order valence-electron chi connectivity index (χ4n) is 0.947. The number of carbonyl (C=O) groups is 1. The predicted octanol–water partition coefficient (Wildman–Crippen LogP) is 2.10. The summed E-state index contributed by atoms with van der Waals surface area (Å²) in [5, 5.41) is 9.30. The van der Waals surface area contributed by atoms with Gasteiger partial charge in [-0.05, 0) is 26.0 Å². The smallest absolute Gasteiger partial charge is 0.315 e. The highest BCUT2D eigenvalue weighted by Gasteiger charge is 2.32. The number of hydrogen-bond donors (Lipinski definition) is 1. The molecule has 1 aromatic heterocycles. The van der Waals surface area contributed by atoms with Crippen LogP contribution >= 0.6 is 11.6 Å². The summed E-state index contributed by atoms with van der Waals surface area (Å²) in [6.07, 6.45) is 1.53. The summed E-state index contributed by atoms with van der Waals surface area (Å²) in [6, 6.07) is 3.30. The van der Waals surface area contributed by atoms with Gasteiger partial charge in [0.05, 0.1) is 10.7 Å². The molecule has 70 valence electrons. The van der Waals surface area contributed by atoms with Gasteiger partial charge in [-0.25, -0.2) is 0 Å². The highest BCUT2D eigenvalue weighted by Crippen LogP contribution is 2.27. The summed E-state index contributed by atoms with van der Waals surface area (Å²) in [7, 11) is 0. The van der Waals surface area contributed by atoms with Gasteiger partial charge in [0.25, 0.3) is 0 Å². The minimum Gasteiger partial charge on any atom is -0.481 e. The molecule has 0 unspecified atom stereocenters. The molecule has 1 heterocycles. The maximum Gasteiger partial charge on any atom is 0.315 e. The summed E-state index contributed by atoms with van der Waals surface area (Å²) >= 11 is 5.83. The molecule has 3 nitrogen and oxygen atoms in total. The molecule has 0 aliphatic rings. The predicted molar refractivity (Wildman–Crippen MR) is 49.9 cm³/mol. The summed E-state index contributed by atoms with van der Waals surface area (Å²) in [5.41, 5.74) is -0.651. The highest BCUT2D eigenvalue weighted by molar-refractivity contribution is 6.31. The molecular formula is C9H10ClNO2. The number of pyridine rings is 1. The van der Waals surface area contributed by atoms with E-state index in [-0.39, 0.29) is 0 Å². The standard InChI is InChI=1S/C9H10ClNO2/c1-9(2,8(12)13)7-6(10)4-3-5-11-7/h3-5H,1-2H3,(H,12,13). The van der Waals surface area contributed by atoms with Gasteiger partial charge in [-0.1, -0.05) is 11.6 Å². The van der Waals surface area contributed by atoms with Crippen molar-refractivity contribution in [2.24, 2.45) is 0 Å². The van der Waals surface area contributed by atoms with Crippen molar-refractivity contribution in [3.8, 4) is 0 Å². The van der Waals surface area contributed by atoms with Crippen LogP contribution in [0.25, 0.3) is 0 Å². The van der Waals surface area contributed by atoms with E-state index >= 15 is 0 Å². The van der Waals surface area contributed by atoms with Crippen molar-refractivity contribution in [2.45, 2.75) is 19.3 Å². The van der Waals surface area contributed by atoms with Crippen molar-refractivity contribution in [3.63, 3.8) is 0 Å². The van der Waals surface area contributed by atoms with Crippen LogP contribution in [-0.4, -0.2) is 16.1 Å². The molecule has 0 bridgehead atoms. The van der Waals surface area contributed by atoms with E-state index in [1.807, 2.05) is 0 Å². The SMILES string of the molecule is CC(C)(C(=O)O)c1ncccc1Cl. The summed E-state index contributed by atoms with van der Waals surface area (Å²) in [5.74, 6) is -0.937. The Bertz CT molecular complexity index is 336. The zero-order valence-electron chi connectivity index (χ0n) is 7.41. The van der Waals surface area contributed by atoms with Crippen LogP contribution in [0, 0.1) is 0 Å². The first-order chi connectivity index (χ1) is 5.96. The molecule has 0 fully saturated rings. The lowest BCUT2D eigenvalue weighted by Gasteiger charge is -2.19. The van der Waals surface area contributed by atoms with Crippen molar-refractivity contribution in [1.29, 1.82) is 0 Å². The molecular weight excluding hydrogens is 190 g/mol. The average Bonchev–Trinajstić information content (AvgIpc) is 2.04. The molecule has 0 atom stereocenters. The second kappa shape index (κ2) is 3.34. The Morgan fingerprint density at radius 3 is 2.69 bits per heavy atom. The number of aromatic nitrogens is 1. The topological polar surface area (TPSA) is 50.2 Å². The molecule has 0 aromatic carbocycles. The zero-order chi connectivity index (χ0) is 10.1. The lowest BCUT2D eigenvalue weighted by Crippen LogP contribution is -2.29. The van der Waals surface area contributed by atoms with Gasteiger partial charge in [0, 0.05) is 6.20 Å². The van der Waals surface area contributed by atoms with Crippen molar-refractivity contribution in [1.82, 2.24) is 4.98 Å². The lowest BCUT2D eigenvalue weighted by molar-refractivity contribution is -0.142. The van der Waals surface area contributed by atoms with Crippen LogP contribution in [0.1, 0.15) is 19.5 Å². The van der Waals surface area contributed by atoms with E-state index in [2.05, 4.69) is 4.98 Å². The van der Waals surface area contributed by atoms with E-state index in [1.165, 1.54) is 6.20 Å². The number of halogens is 1. The van der Waals surface area contributed by atoms with E-state index in [0.29, 0.717) is 10.7 Å². The molecule has 1 aromatic rings. The zero-order valence-corrected chi connectivity index (χ0v) is 8.17. The number of carboxylic acids is 1. The third-order valence-corrected chi connectivity index (χ3v) is 2.19. The van der Waals surface area contributed by atoms with Crippen LogP contribution in [0.15, 0.2) is 18.3 Å². The maximum absolute atomic E-state index is 10.9. The number of hydrogen-bond acceptors (Lipinski definition) is 2. The quantitative estimate of drug-likeness (QED) is 0.794. The van der Waals surface area contributed by atoms with Crippen LogP contribution in [-0.2, 0) is 10.2 Å². The van der Waals surface area contributed by atoms with E-state index in [0.717, 1.165) is 0 Å². The molecule has 1 rings (SSSR count). The van der Waals surface area contributed by atoms with Crippen molar-refractivity contribution in [2.75, 3.05) is 0 Å². The fraction of sp³-hybridized carbons (Fsp3) is 0.333. The molecule has 0 spiro atoms. The molecule has 13 heavy (non-hydrogen) atoms. The van der Waals surface area contributed by atoms with Crippen molar-refractivity contribution < 1.29 is 9.90 Å². The minimum absolute atomic E-state index is 0.384. The Kier molecular flexibility index (Phi) is 2.57. The van der Waals surface area contributed by atoms with Gasteiger partial charge in [-0.3, -0.25) is 9.78 Å². The van der Waals surface area contributed by atoms with Crippen molar-refractivity contribution in [3.05, 3.63) is 29.0 Å². The maximum atomic E-state index is 10.9. The summed E-state index contributed by atoms with van der Waals surface area (Å²) < 4.78 is 0. The number of carboxylic acid groups (broad SMARTS) is 1. The van der Waals surface area contributed by atoms with Crippen LogP contribution < -0.4 is 0 Å². The normalized spacial score (nSPS) is 11.3. The Morgan fingerprint density at radius 1 is 1.62 bits per heavy atom. The highest BCUT2D eigenvalue weighted by atomic mass is 35.5. The second-order valence-corrected chi connectivity index (χ2v) is 3.67. The first-order valence-electron chi connectivity index (χ1n) is 3.80. The van der Waals surface area contributed by atoms with E-state index in [9.17, 15) is 4.79 Å². The van der Waals surface area contributed by atoms with E-state index in [1.54, 1.807) is 26.0 Å². The van der Waals surface area contributed by atoms with Crippen molar-refractivity contribution >= 4 is 17.6 Å². The molecule has 0 saturated carbocycles. The molecule has 0 aliphatic heterocycles. The average molecular weight is 200 g/mol. The minimum atomic E-state index is -1.04. The third-order valence-electron chi connectivity index (χ3n) is 1.89. The Balaban J connectivity index is 3.22. The molecule has 1 N–H and O–H groups in total. The first-order valence-corrected chi connectivity index (χ1v) is 4.18. The molecule has 0 radical (unpaired) electrons. The molecule has 0 amide bonds. The number of aliphatic carboxylic acids is 1. The van der Waals surface area contributed by atoms with E-state index < -0.39 is 11.4 Å². The fourth-order valence-corrected chi connectivity index (χ4v) is 1.30. The van der Waals surface area contributed by atoms with Gasteiger partial charge in [-0.2, -0.15) is 0 Å². The van der Waals surface area contributed by atoms with E-state index in [4.69, 9.17) is 16.7 Å².